The molecule has 0 bridgehead atoms. The molecule has 128 valence electrons. The molecule has 0 atom stereocenters. The number of rotatable bonds is 5. The minimum Gasteiger partial charge on any atom is -0.489 e. The maximum absolute atomic E-state index is 13.2. The molecule has 1 aliphatic rings. The summed E-state index contributed by atoms with van der Waals surface area (Å²) in [6.45, 7) is 2.64. The van der Waals surface area contributed by atoms with E-state index in [1.807, 2.05) is 0 Å². The topological polar surface area (TPSA) is 9.23 Å². The van der Waals surface area contributed by atoms with Crippen molar-refractivity contribution in [2.24, 2.45) is 5.92 Å². The van der Waals surface area contributed by atoms with E-state index in [1.165, 1.54) is 43.7 Å². The third-order valence-electron chi connectivity index (χ3n) is 5.17. The fourth-order valence-corrected chi connectivity index (χ4v) is 3.52. The minimum atomic E-state index is -0.884. The van der Waals surface area contributed by atoms with Crippen LogP contribution in [-0.4, -0.2) is 0 Å². The van der Waals surface area contributed by atoms with Crippen molar-refractivity contribution in [3.63, 3.8) is 0 Å². The fraction of sp³-hybridized carbons (Fsp3) is 0.429. The molecule has 1 saturated carbocycles. The summed E-state index contributed by atoms with van der Waals surface area (Å²) in [6, 6.07) is 12.1. The predicted molar refractivity (Wildman–Crippen MR) is 92.1 cm³/mol. The molecule has 1 nitrogen and oxygen atoms in total. The Balaban J connectivity index is 1.55. The first-order valence-corrected chi connectivity index (χ1v) is 8.82. The lowest BCUT2D eigenvalue weighted by molar-refractivity contribution is 0.303. The molecule has 0 aromatic heterocycles. The van der Waals surface area contributed by atoms with Crippen molar-refractivity contribution in [1.82, 2.24) is 0 Å². The highest BCUT2D eigenvalue weighted by Gasteiger charge is 2.21. The zero-order valence-corrected chi connectivity index (χ0v) is 14.1. The van der Waals surface area contributed by atoms with Gasteiger partial charge in [-0.1, -0.05) is 37.6 Å². The summed E-state index contributed by atoms with van der Waals surface area (Å²) in [4.78, 5) is 0. The number of hydrogen-bond donors (Lipinski definition) is 0. The lowest BCUT2D eigenvalue weighted by atomic mass is 9.78. The van der Waals surface area contributed by atoms with Crippen LogP contribution in [0.5, 0.6) is 5.75 Å². The normalized spacial score (nSPS) is 20.8. The maximum Gasteiger partial charge on any atom is 0.162 e. The molecule has 0 N–H and O–H groups in total. The largest absolute Gasteiger partial charge is 0.489 e. The molecule has 1 aliphatic carbocycles. The molecule has 24 heavy (non-hydrogen) atoms. The smallest absolute Gasteiger partial charge is 0.162 e. The van der Waals surface area contributed by atoms with E-state index in [9.17, 15) is 8.78 Å². The van der Waals surface area contributed by atoms with Gasteiger partial charge in [-0.25, -0.2) is 8.78 Å². The SMILES string of the molecule is CCC1CCC(c2ccc(COc3ccc(F)c(F)c3)cc2)CC1. The van der Waals surface area contributed by atoms with Crippen LogP contribution in [0.4, 0.5) is 8.78 Å². The number of benzene rings is 2. The van der Waals surface area contributed by atoms with E-state index in [1.54, 1.807) is 0 Å². The van der Waals surface area contributed by atoms with Gasteiger partial charge in [0.1, 0.15) is 12.4 Å². The van der Waals surface area contributed by atoms with Gasteiger partial charge in [-0.2, -0.15) is 0 Å². The van der Waals surface area contributed by atoms with Crippen molar-refractivity contribution < 1.29 is 13.5 Å². The van der Waals surface area contributed by atoms with Crippen LogP contribution in [0, 0.1) is 17.6 Å². The van der Waals surface area contributed by atoms with E-state index in [-0.39, 0.29) is 0 Å². The van der Waals surface area contributed by atoms with Crippen molar-refractivity contribution in [2.45, 2.75) is 51.6 Å². The molecule has 3 heteroatoms. The zero-order valence-electron chi connectivity index (χ0n) is 14.1. The van der Waals surface area contributed by atoms with Gasteiger partial charge in [0.05, 0.1) is 0 Å². The Labute approximate surface area is 142 Å². The predicted octanol–water partition coefficient (Wildman–Crippen LogP) is 6.23. The third kappa shape index (κ3) is 4.14. The van der Waals surface area contributed by atoms with E-state index in [0.717, 1.165) is 23.6 Å². The first-order chi connectivity index (χ1) is 11.7. The Morgan fingerprint density at radius 3 is 2.25 bits per heavy atom. The Hall–Kier alpha value is -1.90. The molecular weight excluding hydrogens is 306 g/mol. The summed E-state index contributed by atoms with van der Waals surface area (Å²) in [7, 11) is 0. The monoisotopic (exact) mass is 330 g/mol. The maximum atomic E-state index is 13.2. The van der Waals surface area contributed by atoms with E-state index in [2.05, 4.69) is 31.2 Å². The first kappa shape index (κ1) is 16.9. The van der Waals surface area contributed by atoms with Crippen LogP contribution >= 0.6 is 0 Å². The summed E-state index contributed by atoms with van der Waals surface area (Å²) in [5, 5.41) is 0. The number of hydrogen-bond acceptors (Lipinski definition) is 1. The van der Waals surface area contributed by atoms with Crippen LogP contribution in [-0.2, 0) is 6.61 Å². The molecule has 0 aliphatic heterocycles. The van der Waals surface area contributed by atoms with Gasteiger partial charge in [0, 0.05) is 6.07 Å². The molecule has 1 fully saturated rings. The van der Waals surface area contributed by atoms with Gasteiger partial charge >= 0.3 is 0 Å². The summed E-state index contributed by atoms with van der Waals surface area (Å²) in [5.41, 5.74) is 2.44. The molecule has 0 radical (unpaired) electrons. The van der Waals surface area contributed by atoms with Gasteiger partial charge in [-0.05, 0) is 60.8 Å². The van der Waals surface area contributed by atoms with Gasteiger partial charge in [0.25, 0.3) is 0 Å². The Kier molecular flexibility index (Phi) is 5.49. The summed E-state index contributed by atoms with van der Waals surface area (Å²) in [6.07, 6.45) is 6.53. The summed E-state index contributed by atoms with van der Waals surface area (Å²) >= 11 is 0. The highest BCUT2D eigenvalue weighted by atomic mass is 19.2. The van der Waals surface area contributed by atoms with Crippen LogP contribution in [0.3, 0.4) is 0 Å². The van der Waals surface area contributed by atoms with Gasteiger partial charge < -0.3 is 4.74 Å². The van der Waals surface area contributed by atoms with Crippen LogP contribution < -0.4 is 4.74 Å². The van der Waals surface area contributed by atoms with Gasteiger partial charge in [0.15, 0.2) is 11.6 Å². The van der Waals surface area contributed by atoms with Gasteiger partial charge in [0.2, 0.25) is 0 Å². The van der Waals surface area contributed by atoms with Crippen molar-refractivity contribution in [3.05, 3.63) is 65.2 Å². The van der Waals surface area contributed by atoms with E-state index < -0.39 is 11.6 Å². The molecule has 0 heterocycles. The van der Waals surface area contributed by atoms with E-state index >= 15 is 0 Å². The van der Waals surface area contributed by atoms with Crippen LogP contribution in [0.15, 0.2) is 42.5 Å². The van der Waals surface area contributed by atoms with Crippen molar-refractivity contribution in [1.29, 1.82) is 0 Å². The lowest BCUT2D eigenvalue weighted by Gasteiger charge is -2.28. The van der Waals surface area contributed by atoms with Crippen molar-refractivity contribution in [3.8, 4) is 5.75 Å². The highest BCUT2D eigenvalue weighted by molar-refractivity contribution is 5.27. The Morgan fingerprint density at radius 2 is 1.62 bits per heavy atom. The third-order valence-corrected chi connectivity index (χ3v) is 5.17. The first-order valence-electron chi connectivity index (χ1n) is 8.82. The van der Waals surface area contributed by atoms with Crippen LogP contribution in [0.25, 0.3) is 0 Å². The Morgan fingerprint density at radius 1 is 0.917 bits per heavy atom. The van der Waals surface area contributed by atoms with Gasteiger partial charge in [-0.15, -0.1) is 0 Å². The Bertz CT molecular complexity index is 658. The molecule has 3 rings (SSSR count). The summed E-state index contributed by atoms with van der Waals surface area (Å²) < 4.78 is 31.6. The molecule has 0 spiro atoms. The molecule has 2 aromatic carbocycles. The average Bonchev–Trinajstić information content (AvgIpc) is 2.63. The standard InChI is InChI=1S/C21H24F2O/c1-2-15-3-7-17(8-4-15)18-9-5-16(6-10-18)14-24-19-11-12-20(22)21(23)13-19/h5-6,9-13,15,17H,2-4,7-8,14H2,1H3. The highest BCUT2D eigenvalue weighted by Crippen LogP contribution is 2.36. The second-order valence-corrected chi connectivity index (χ2v) is 6.73. The lowest BCUT2D eigenvalue weighted by Crippen LogP contribution is -2.12. The summed E-state index contributed by atoms with van der Waals surface area (Å²) in [5.74, 6) is 0.185. The average molecular weight is 330 g/mol. The van der Waals surface area contributed by atoms with Crippen molar-refractivity contribution >= 4 is 0 Å². The molecular formula is C21H24F2O. The quantitative estimate of drug-likeness (QED) is 0.631. The molecule has 0 saturated heterocycles. The van der Waals surface area contributed by atoms with Gasteiger partial charge in [-0.3, -0.25) is 0 Å². The van der Waals surface area contributed by atoms with Crippen molar-refractivity contribution in [2.75, 3.05) is 0 Å². The number of ether oxygens (including phenoxy) is 1. The molecule has 0 unspecified atom stereocenters. The second-order valence-electron chi connectivity index (χ2n) is 6.73. The van der Waals surface area contributed by atoms with E-state index in [0.29, 0.717) is 18.3 Å². The molecule has 2 aromatic rings. The molecule has 0 amide bonds. The fourth-order valence-electron chi connectivity index (χ4n) is 3.52. The second kappa shape index (κ2) is 7.78. The zero-order chi connectivity index (χ0) is 16.9. The van der Waals surface area contributed by atoms with E-state index in [4.69, 9.17) is 4.74 Å². The van der Waals surface area contributed by atoms with Crippen LogP contribution in [0.1, 0.15) is 56.1 Å². The number of halogens is 2. The minimum absolute atomic E-state index is 0.343. The van der Waals surface area contributed by atoms with Crippen LogP contribution in [0.2, 0.25) is 0 Å².